The van der Waals surface area contributed by atoms with Crippen LogP contribution in [0.15, 0.2) is 18.2 Å². The molecule has 1 aliphatic carbocycles. The molecule has 0 saturated carbocycles. The van der Waals surface area contributed by atoms with Crippen LogP contribution in [0.3, 0.4) is 0 Å². The van der Waals surface area contributed by atoms with Crippen LogP contribution < -0.4 is 0 Å². The zero-order valence-electron chi connectivity index (χ0n) is 14.7. The minimum atomic E-state index is -0.691. The molecule has 1 N–H and O–H groups in total. The van der Waals surface area contributed by atoms with Gasteiger partial charge in [0.2, 0.25) is 0 Å². The number of fused-ring (bicyclic) bond motifs is 1. The molecule has 1 aromatic carbocycles. The number of hydrogen-bond donors (Lipinski definition) is 1. The topological polar surface area (TPSA) is 37.3 Å². The summed E-state index contributed by atoms with van der Waals surface area (Å²) in [4.78, 5) is 10.1. The normalized spacial score (nSPS) is 13.8. The van der Waals surface area contributed by atoms with Crippen molar-refractivity contribution in [2.75, 3.05) is 0 Å². The summed E-state index contributed by atoms with van der Waals surface area (Å²) in [5.41, 5.74) is 4.98. The van der Waals surface area contributed by atoms with Crippen molar-refractivity contribution in [1.82, 2.24) is 0 Å². The van der Waals surface area contributed by atoms with Gasteiger partial charge >= 0.3 is 5.97 Å². The Balaban J connectivity index is 0.000000225. The fraction of sp³-hybridized carbons (Fsp3) is 0.650. The number of carboxylic acids is 1. The van der Waals surface area contributed by atoms with E-state index in [-0.39, 0.29) is 5.41 Å². The maximum atomic E-state index is 10.1. The Bertz CT molecular complexity index is 469. The minimum absolute atomic E-state index is 0.273. The van der Waals surface area contributed by atoms with Crippen LogP contribution in [0.25, 0.3) is 0 Å². The molecule has 0 fully saturated rings. The van der Waals surface area contributed by atoms with Gasteiger partial charge in [0.15, 0.2) is 0 Å². The van der Waals surface area contributed by atoms with Crippen molar-refractivity contribution < 1.29 is 9.90 Å². The predicted octanol–water partition coefficient (Wildman–Crippen LogP) is 5.42. The molecule has 2 nitrogen and oxygen atoms in total. The van der Waals surface area contributed by atoms with Gasteiger partial charge in [-0.3, -0.25) is 4.79 Å². The molecule has 0 spiro atoms. The SMILES string of the molecule is CC(C)(C)CCCC(=O)O.CCc1ccc2c(c1)CCCC2. The molecule has 22 heavy (non-hydrogen) atoms. The Morgan fingerprint density at radius 2 is 1.77 bits per heavy atom. The van der Waals surface area contributed by atoms with Gasteiger partial charge in [-0.1, -0.05) is 45.9 Å². The zero-order chi connectivity index (χ0) is 16.6. The fourth-order valence-electron chi connectivity index (χ4n) is 2.78. The van der Waals surface area contributed by atoms with Gasteiger partial charge in [0.05, 0.1) is 0 Å². The molecule has 2 heteroatoms. The van der Waals surface area contributed by atoms with Crippen LogP contribution in [-0.4, -0.2) is 11.1 Å². The Labute approximate surface area is 135 Å². The van der Waals surface area contributed by atoms with Gasteiger partial charge in [0.25, 0.3) is 0 Å². The highest BCUT2D eigenvalue weighted by atomic mass is 16.4. The Morgan fingerprint density at radius 3 is 2.32 bits per heavy atom. The predicted molar refractivity (Wildman–Crippen MR) is 93.4 cm³/mol. The molecule has 0 radical (unpaired) electrons. The summed E-state index contributed by atoms with van der Waals surface area (Å²) >= 11 is 0. The molecule has 1 aromatic rings. The van der Waals surface area contributed by atoms with Crippen LogP contribution in [0.2, 0.25) is 0 Å². The summed E-state index contributed by atoms with van der Waals surface area (Å²) in [5, 5.41) is 8.31. The highest BCUT2D eigenvalue weighted by Gasteiger charge is 2.10. The van der Waals surface area contributed by atoms with E-state index in [0.717, 1.165) is 12.8 Å². The molecule has 0 atom stereocenters. The van der Waals surface area contributed by atoms with Crippen LogP contribution in [0.5, 0.6) is 0 Å². The van der Waals surface area contributed by atoms with Gasteiger partial charge in [0.1, 0.15) is 0 Å². The van der Waals surface area contributed by atoms with E-state index in [9.17, 15) is 4.79 Å². The third-order valence-corrected chi connectivity index (χ3v) is 4.14. The van der Waals surface area contributed by atoms with E-state index in [4.69, 9.17) is 5.11 Å². The molecule has 0 unspecified atom stereocenters. The summed E-state index contributed by atoms with van der Waals surface area (Å²) in [5.74, 6) is -0.691. The molecular weight excluding hydrogens is 272 g/mol. The number of aryl methyl sites for hydroxylation is 3. The van der Waals surface area contributed by atoms with Gasteiger partial charge in [-0.2, -0.15) is 0 Å². The third-order valence-electron chi connectivity index (χ3n) is 4.14. The lowest BCUT2D eigenvalue weighted by atomic mass is 9.90. The van der Waals surface area contributed by atoms with Gasteiger partial charge in [0, 0.05) is 6.42 Å². The van der Waals surface area contributed by atoms with Gasteiger partial charge in [-0.05, 0) is 67.1 Å². The first kappa shape index (κ1) is 18.7. The average molecular weight is 304 g/mol. The van der Waals surface area contributed by atoms with E-state index in [1.807, 2.05) is 0 Å². The summed E-state index contributed by atoms with van der Waals surface area (Å²) < 4.78 is 0. The van der Waals surface area contributed by atoms with Crippen molar-refractivity contribution in [3.05, 3.63) is 34.9 Å². The van der Waals surface area contributed by atoms with Crippen molar-refractivity contribution >= 4 is 5.97 Å². The van der Waals surface area contributed by atoms with Crippen LogP contribution in [0, 0.1) is 5.41 Å². The van der Waals surface area contributed by atoms with E-state index < -0.39 is 5.97 Å². The molecular formula is C20H32O2. The van der Waals surface area contributed by atoms with Crippen LogP contribution in [-0.2, 0) is 24.1 Å². The Kier molecular flexibility index (Phi) is 7.64. The van der Waals surface area contributed by atoms with E-state index in [0.29, 0.717) is 6.42 Å². The number of hydrogen-bond acceptors (Lipinski definition) is 1. The third kappa shape index (κ3) is 7.63. The lowest BCUT2D eigenvalue weighted by molar-refractivity contribution is -0.137. The lowest BCUT2D eigenvalue weighted by Crippen LogP contribution is -2.05. The molecule has 0 heterocycles. The maximum absolute atomic E-state index is 10.1. The van der Waals surface area contributed by atoms with E-state index in [2.05, 4.69) is 45.9 Å². The monoisotopic (exact) mass is 304 g/mol. The molecule has 0 aliphatic heterocycles. The molecule has 0 amide bonds. The van der Waals surface area contributed by atoms with Gasteiger partial charge in [-0.25, -0.2) is 0 Å². The first-order valence-electron chi connectivity index (χ1n) is 8.64. The highest BCUT2D eigenvalue weighted by Crippen LogP contribution is 2.22. The molecule has 1 aliphatic rings. The highest BCUT2D eigenvalue weighted by molar-refractivity contribution is 5.66. The van der Waals surface area contributed by atoms with Crippen molar-refractivity contribution in [3.63, 3.8) is 0 Å². The first-order valence-corrected chi connectivity index (χ1v) is 8.64. The lowest BCUT2D eigenvalue weighted by Gasteiger charge is -2.16. The zero-order valence-corrected chi connectivity index (χ0v) is 14.7. The van der Waals surface area contributed by atoms with Crippen molar-refractivity contribution in [2.24, 2.45) is 5.41 Å². The van der Waals surface area contributed by atoms with Crippen molar-refractivity contribution in [2.45, 2.75) is 79.1 Å². The van der Waals surface area contributed by atoms with Gasteiger partial charge < -0.3 is 5.11 Å². The number of rotatable bonds is 4. The maximum Gasteiger partial charge on any atom is 0.303 e. The largest absolute Gasteiger partial charge is 0.481 e. The number of benzene rings is 1. The van der Waals surface area contributed by atoms with Crippen molar-refractivity contribution in [3.8, 4) is 0 Å². The first-order chi connectivity index (χ1) is 10.3. The van der Waals surface area contributed by atoms with Crippen LogP contribution >= 0.6 is 0 Å². The summed E-state index contributed by atoms with van der Waals surface area (Å²) in [6.07, 6.45) is 8.64. The summed E-state index contributed by atoms with van der Waals surface area (Å²) in [6.45, 7) is 8.59. The molecule has 124 valence electrons. The van der Waals surface area contributed by atoms with Crippen LogP contribution in [0.1, 0.15) is 76.5 Å². The number of aliphatic carboxylic acids is 1. The second kappa shape index (κ2) is 8.97. The molecule has 0 bridgehead atoms. The molecule has 0 saturated heterocycles. The van der Waals surface area contributed by atoms with Crippen molar-refractivity contribution in [1.29, 1.82) is 0 Å². The summed E-state index contributed by atoms with van der Waals surface area (Å²) in [7, 11) is 0. The van der Waals surface area contributed by atoms with E-state index in [1.54, 1.807) is 11.1 Å². The quantitative estimate of drug-likeness (QED) is 0.807. The second-order valence-corrected chi connectivity index (χ2v) is 7.47. The molecule has 0 aromatic heterocycles. The molecule has 2 rings (SSSR count). The fourth-order valence-corrected chi connectivity index (χ4v) is 2.78. The number of carboxylic acid groups (broad SMARTS) is 1. The average Bonchev–Trinajstić information content (AvgIpc) is 2.45. The smallest absolute Gasteiger partial charge is 0.303 e. The number of carbonyl (C=O) groups is 1. The van der Waals surface area contributed by atoms with E-state index >= 15 is 0 Å². The van der Waals surface area contributed by atoms with Gasteiger partial charge in [-0.15, -0.1) is 0 Å². The minimum Gasteiger partial charge on any atom is -0.481 e. The van der Waals surface area contributed by atoms with E-state index in [1.165, 1.54) is 37.7 Å². The second-order valence-electron chi connectivity index (χ2n) is 7.47. The standard InChI is InChI=1S/C12H16.C8H16O2/c1-2-10-7-8-11-5-3-4-6-12(11)9-10;1-8(2,3)6-4-5-7(9)10/h7-9H,2-6H2,1H3;4-6H2,1-3H3,(H,9,10). The Hall–Kier alpha value is -1.31. The Morgan fingerprint density at radius 1 is 1.14 bits per heavy atom. The van der Waals surface area contributed by atoms with Crippen LogP contribution in [0.4, 0.5) is 0 Å². The summed E-state index contributed by atoms with van der Waals surface area (Å²) in [6, 6.07) is 7.01.